The molecule has 338 valence electrons. The third-order valence-electron chi connectivity index (χ3n) is 12.6. The average molecular weight is 931 g/mol. The van der Waals surface area contributed by atoms with E-state index in [2.05, 4.69) is 71.3 Å². The molecule has 68 heavy (non-hydrogen) atoms. The molecule has 1 aliphatic carbocycles. The number of aliphatic carboxylic acids is 1. The van der Waals surface area contributed by atoms with E-state index < -0.39 is 39.5 Å². The van der Waals surface area contributed by atoms with Gasteiger partial charge in [0, 0.05) is 17.4 Å². The van der Waals surface area contributed by atoms with Gasteiger partial charge in [0.2, 0.25) is 5.91 Å². The van der Waals surface area contributed by atoms with E-state index in [-0.39, 0.29) is 24.0 Å². The maximum atomic E-state index is 15.0. The van der Waals surface area contributed by atoms with Gasteiger partial charge in [-0.3, -0.25) is 4.79 Å². The molecule has 3 N–H and O–H groups in total. The molecule has 2 atom stereocenters. The maximum absolute atomic E-state index is 15.0. The lowest BCUT2D eigenvalue weighted by Gasteiger charge is -2.37. The van der Waals surface area contributed by atoms with Crippen molar-refractivity contribution in [3.63, 3.8) is 0 Å². The van der Waals surface area contributed by atoms with E-state index in [0.717, 1.165) is 55.6 Å². The predicted octanol–water partition coefficient (Wildman–Crippen LogP) is 11.9. The standard InChI is InChI=1S/C59H50N2O5S2/c62-55(60-54(56(63)64)41-68-59(45-29-13-4-14-30-45,46-31-15-5-16-32-46)47-33-17-6-18-34-47)53(61-57(65)66-39-52-50-37-21-19-35-48(50)49-36-20-22-38-51(49)52)40-67-58(42-23-7-1-8-24-42,43-25-9-2-10-26-43)44-27-11-3-12-28-44/h1-38,52-54H,39-41H2,(H,60,62)(H,61,65)(H,63,64)/t53-,54+/m1/s1. The maximum Gasteiger partial charge on any atom is 0.407 e. The summed E-state index contributed by atoms with van der Waals surface area (Å²) in [7, 11) is 0. The number of hydrogen-bond acceptors (Lipinski definition) is 6. The number of nitrogens with one attached hydrogen (secondary N) is 2. The Labute approximate surface area is 406 Å². The van der Waals surface area contributed by atoms with Crippen molar-refractivity contribution in [2.75, 3.05) is 18.1 Å². The minimum atomic E-state index is -1.35. The molecule has 0 saturated carbocycles. The number of carbonyl (C=O) groups excluding carboxylic acids is 2. The van der Waals surface area contributed by atoms with Crippen LogP contribution in [0.1, 0.15) is 50.4 Å². The van der Waals surface area contributed by atoms with E-state index >= 15 is 0 Å². The molecule has 7 nitrogen and oxygen atoms in total. The first kappa shape index (κ1) is 45.8. The number of amides is 2. The molecule has 1 aliphatic rings. The van der Waals surface area contributed by atoms with Gasteiger partial charge in [0.1, 0.15) is 18.7 Å². The van der Waals surface area contributed by atoms with Gasteiger partial charge in [-0.05, 0) is 55.6 Å². The number of alkyl carbamates (subject to hydrolysis) is 1. The van der Waals surface area contributed by atoms with Gasteiger partial charge in [-0.25, -0.2) is 9.59 Å². The monoisotopic (exact) mass is 930 g/mol. The van der Waals surface area contributed by atoms with Crippen LogP contribution in [0.25, 0.3) is 11.1 Å². The van der Waals surface area contributed by atoms with Crippen LogP contribution in [-0.4, -0.2) is 53.3 Å². The number of carboxylic acid groups (broad SMARTS) is 1. The highest BCUT2D eigenvalue weighted by molar-refractivity contribution is 8.01. The highest BCUT2D eigenvalue weighted by Crippen LogP contribution is 2.50. The molecule has 9 heteroatoms. The predicted molar refractivity (Wildman–Crippen MR) is 275 cm³/mol. The Morgan fingerprint density at radius 3 is 1.09 bits per heavy atom. The molecule has 0 fully saturated rings. The van der Waals surface area contributed by atoms with E-state index in [4.69, 9.17) is 4.74 Å². The number of carboxylic acids is 1. The van der Waals surface area contributed by atoms with Crippen molar-refractivity contribution in [1.29, 1.82) is 0 Å². The Bertz CT molecular complexity index is 2700. The lowest BCUT2D eigenvalue weighted by atomic mass is 9.84. The second kappa shape index (κ2) is 21.1. The largest absolute Gasteiger partial charge is 0.480 e. The van der Waals surface area contributed by atoms with Crippen LogP contribution in [0.5, 0.6) is 0 Å². The number of carbonyl (C=O) groups is 3. The van der Waals surface area contributed by atoms with Crippen molar-refractivity contribution < 1.29 is 24.2 Å². The van der Waals surface area contributed by atoms with Gasteiger partial charge in [0.15, 0.2) is 0 Å². The van der Waals surface area contributed by atoms with Crippen molar-refractivity contribution >= 4 is 41.5 Å². The summed E-state index contributed by atoms with van der Waals surface area (Å²) in [4.78, 5) is 42.5. The molecule has 0 radical (unpaired) electrons. The van der Waals surface area contributed by atoms with Gasteiger partial charge >= 0.3 is 12.1 Å². The lowest BCUT2D eigenvalue weighted by molar-refractivity contribution is -0.141. The Hall–Kier alpha value is -7.33. The quantitative estimate of drug-likeness (QED) is 0.0736. The minimum Gasteiger partial charge on any atom is -0.480 e. The number of hydrogen-bond donors (Lipinski definition) is 3. The molecule has 2 amide bonds. The highest BCUT2D eigenvalue weighted by atomic mass is 32.2. The Morgan fingerprint density at radius 1 is 0.441 bits per heavy atom. The summed E-state index contributed by atoms with van der Waals surface area (Å²) in [5, 5.41) is 16.7. The molecule has 0 aromatic heterocycles. The SMILES string of the molecule is O=C(N[C@H](CSC(c1ccccc1)(c1ccccc1)c1ccccc1)C(=O)N[C@@H](CSC(c1ccccc1)(c1ccccc1)c1ccccc1)C(=O)O)OCC1c2ccccc2-c2ccccc21. The number of fused-ring (bicyclic) bond motifs is 3. The van der Waals surface area contributed by atoms with E-state index in [9.17, 15) is 19.5 Å². The first-order valence-electron chi connectivity index (χ1n) is 22.6. The molecule has 0 saturated heterocycles. The van der Waals surface area contributed by atoms with Gasteiger partial charge in [-0.15, -0.1) is 23.5 Å². The van der Waals surface area contributed by atoms with Crippen molar-refractivity contribution in [3.05, 3.63) is 275 Å². The summed E-state index contributed by atoms with van der Waals surface area (Å²) in [5.41, 5.74) is 10.1. The van der Waals surface area contributed by atoms with Crippen LogP contribution in [0.15, 0.2) is 231 Å². The van der Waals surface area contributed by atoms with Gasteiger partial charge in [-0.1, -0.05) is 231 Å². The molecule has 8 aromatic rings. The molecular weight excluding hydrogens is 881 g/mol. The molecule has 0 bridgehead atoms. The normalized spacial score (nSPS) is 13.1. The van der Waals surface area contributed by atoms with Gasteiger partial charge in [0.25, 0.3) is 0 Å². The fraction of sp³-hybridized carbons (Fsp3) is 0.136. The number of benzene rings is 8. The summed E-state index contributed by atoms with van der Waals surface area (Å²) >= 11 is 2.93. The van der Waals surface area contributed by atoms with Crippen LogP contribution in [0, 0.1) is 0 Å². The molecule has 9 rings (SSSR count). The second-order valence-corrected chi connectivity index (χ2v) is 19.1. The van der Waals surface area contributed by atoms with Crippen LogP contribution in [0.2, 0.25) is 0 Å². The Kier molecular flexibility index (Phi) is 14.2. The smallest absolute Gasteiger partial charge is 0.407 e. The van der Waals surface area contributed by atoms with Crippen LogP contribution < -0.4 is 10.6 Å². The molecule has 0 spiro atoms. The average Bonchev–Trinajstić information content (AvgIpc) is 3.72. The highest BCUT2D eigenvalue weighted by Gasteiger charge is 2.41. The Morgan fingerprint density at radius 2 is 0.750 bits per heavy atom. The summed E-state index contributed by atoms with van der Waals surface area (Å²) in [6, 6.07) is 73.9. The van der Waals surface area contributed by atoms with E-state index in [1.807, 2.05) is 170 Å². The van der Waals surface area contributed by atoms with Crippen LogP contribution >= 0.6 is 23.5 Å². The molecular formula is C59H50N2O5S2. The fourth-order valence-corrected chi connectivity index (χ4v) is 12.5. The molecule has 0 unspecified atom stereocenters. The topological polar surface area (TPSA) is 105 Å². The third kappa shape index (κ3) is 9.45. The van der Waals surface area contributed by atoms with Crippen molar-refractivity contribution in [2.45, 2.75) is 27.5 Å². The zero-order chi connectivity index (χ0) is 46.8. The first-order valence-corrected chi connectivity index (χ1v) is 24.6. The zero-order valence-corrected chi connectivity index (χ0v) is 38.8. The van der Waals surface area contributed by atoms with E-state index in [1.54, 1.807) is 0 Å². The third-order valence-corrected chi connectivity index (χ3v) is 15.9. The number of thioether (sulfide) groups is 2. The summed E-state index contributed by atoms with van der Waals surface area (Å²) < 4.78 is 4.36. The molecule has 0 heterocycles. The van der Waals surface area contributed by atoms with E-state index in [0.29, 0.717) is 0 Å². The lowest BCUT2D eigenvalue weighted by Crippen LogP contribution is -2.54. The summed E-state index contributed by atoms with van der Waals surface area (Å²) in [6.45, 7) is 0.0399. The first-order chi connectivity index (χ1) is 33.4. The number of ether oxygens (including phenoxy) is 1. The second-order valence-electron chi connectivity index (χ2n) is 16.6. The van der Waals surface area contributed by atoms with Crippen molar-refractivity contribution in [3.8, 4) is 11.1 Å². The molecule has 8 aromatic carbocycles. The van der Waals surface area contributed by atoms with Gasteiger partial charge in [-0.2, -0.15) is 0 Å². The van der Waals surface area contributed by atoms with Gasteiger partial charge < -0.3 is 20.5 Å². The fourth-order valence-electron chi connectivity index (χ4n) is 9.37. The van der Waals surface area contributed by atoms with E-state index in [1.165, 1.54) is 23.5 Å². The Balaban J connectivity index is 1.04. The van der Waals surface area contributed by atoms with Crippen molar-refractivity contribution in [2.24, 2.45) is 0 Å². The van der Waals surface area contributed by atoms with Crippen LogP contribution in [0.4, 0.5) is 4.79 Å². The zero-order valence-electron chi connectivity index (χ0n) is 37.2. The van der Waals surface area contributed by atoms with Crippen LogP contribution in [0.3, 0.4) is 0 Å². The van der Waals surface area contributed by atoms with Crippen LogP contribution in [-0.2, 0) is 23.8 Å². The number of rotatable bonds is 18. The molecule has 0 aliphatic heterocycles. The summed E-state index contributed by atoms with van der Waals surface area (Å²) in [6.07, 6.45) is -0.783. The summed E-state index contributed by atoms with van der Waals surface area (Å²) in [5.74, 6) is -2.01. The van der Waals surface area contributed by atoms with Gasteiger partial charge in [0.05, 0.1) is 9.49 Å². The minimum absolute atomic E-state index is 0.00739. The van der Waals surface area contributed by atoms with Crippen molar-refractivity contribution in [1.82, 2.24) is 10.6 Å².